The van der Waals surface area contributed by atoms with Crippen LogP contribution in [0.5, 0.6) is 0 Å². The molecule has 0 atom stereocenters. The third kappa shape index (κ3) is 3.72. The maximum absolute atomic E-state index is 4.12. The molecule has 1 rings (SSSR count). The molecular weight excluding hydrogens is 182 g/mol. The lowest BCUT2D eigenvalue weighted by Gasteiger charge is -2.03. The molecule has 0 aliphatic carbocycles. The Morgan fingerprint density at radius 2 is 1.92 bits per heavy atom. The summed E-state index contributed by atoms with van der Waals surface area (Å²) in [4.78, 5) is 0. The summed E-state index contributed by atoms with van der Waals surface area (Å²) in [7, 11) is 0. The van der Waals surface area contributed by atoms with E-state index in [1.54, 1.807) is 11.3 Å². The molecule has 0 aromatic carbocycles. The van der Waals surface area contributed by atoms with Gasteiger partial charge in [0.25, 0.3) is 0 Å². The number of rotatable bonds is 4. The first kappa shape index (κ1) is 10.4. The average molecular weight is 199 g/mol. The molecule has 1 N–H and O–H groups in total. The number of nitrogens with one attached hydrogen (secondary N) is 1. The summed E-state index contributed by atoms with van der Waals surface area (Å²) >= 11 is 1.66. The van der Waals surface area contributed by atoms with Crippen molar-refractivity contribution in [3.63, 3.8) is 0 Å². The van der Waals surface area contributed by atoms with Crippen molar-refractivity contribution >= 4 is 16.5 Å². The first-order valence-corrected chi connectivity index (χ1v) is 5.48. The van der Waals surface area contributed by atoms with Gasteiger partial charge >= 0.3 is 0 Å². The van der Waals surface area contributed by atoms with E-state index < -0.39 is 0 Å². The average Bonchev–Trinajstić information content (AvgIpc) is 2.33. The van der Waals surface area contributed by atoms with Gasteiger partial charge in [-0.1, -0.05) is 25.2 Å². The Hall–Kier alpha value is -0.640. The Morgan fingerprint density at radius 1 is 1.23 bits per heavy atom. The molecule has 0 spiro atoms. The van der Waals surface area contributed by atoms with Crippen LogP contribution in [0.3, 0.4) is 0 Å². The normalized spacial score (nSPS) is 11.2. The fourth-order valence-electron chi connectivity index (χ4n) is 0.991. The Kier molecular flexibility index (Phi) is 3.66. The molecule has 0 aliphatic heterocycles. The maximum atomic E-state index is 4.12. The third-order valence-corrected chi connectivity index (χ3v) is 2.34. The van der Waals surface area contributed by atoms with Gasteiger partial charge in [0, 0.05) is 12.5 Å². The van der Waals surface area contributed by atoms with Gasteiger partial charge in [-0.05, 0) is 19.8 Å². The second-order valence-corrected chi connectivity index (χ2v) is 4.96. The van der Waals surface area contributed by atoms with Crippen LogP contribution in [0.1, 0.15) is 32.7 Å². The monoisotopic (exact) mass is 199 g/mol. The molecule has 1 aromatic heterocycles. The lowest BCUT2D eigenvalue weighted by molar-refractivity contribution is 0.640. The predicted octanol–water partition coefficient (Wildman–Crippen LogP) is 2.56. The Bertz CT molecular complexity index is 231. The Morgan fingerprint density at radius 3 is 2.46 bits per heavy atom. The van der Waals surface area contributed by atoms with E-state index in [0.717, 1.165) is 16.6 Å². The van der Waals surface area contributed by atoms with Crippen LogP contribution in [0.2, 0.25) is 0 Å². The zero-order valence-electron chi connectivity index (χ0n) is 8.66. The van der Waals surface area contributed by atoms with Crippen molar-refractivity contribution in [2.24, 2.45) is 5.92 Å². The number of aromatic nitrogens is 2. The fraction of sp³-hybridized carbons (Fsp3) is 0.778. The molecule has 0 saturated carbocycles. The summed E-state index contributed by atoms with van der Waals surface area (Å²) in [5.74, 6) is 0.653. The number of hydrogen-bond donors (Lipinski definition) is 1. The highest BCUT2D eigenvalue weighted by atomic mass is 32.1. The zero-order chi connectivity index (χ0) is 9.84. The molecule has 0 fully saturated rings. The van der Waals surface area contributed by atoms with E-state index in [4.69, 9.17) is 0 Å². The van der Waals surface area contributed by atoms with E-state index in [0.29, 0.717) is 12.0 Å². The van der Waals surface area contributed by atoms with Crippen molar-refractivity contribution in [2.75, 3.05) is 5.32 Å². The van der Waals surface area contributed by atoms with E-state index in [1.807, 2.05) is 0 Å². The summed E-state index contributed by atoms with van der Waals surface area (Å²) in [6.07, 6.45) is 1.03. The van der Waals surface area contributed by atoms with Gasteiger partial charge in [0.05, 0.1) is 0 Å². The minimum atomic E-state index is 0.430. The van der Waals surface area contributed by atoms with Crippen LogP contribution in [0.15, 0.2) is 0 Å². The molecule has 0 radical (unpaired) electrons. The minimum absolute atomic E-state index is 0.430. The van der Waals surface area contributed by atoms with Crippen LogP contribution in [0.4, 0.5) is 5.13 Å². The Labute approximate surface area is 83.6 Å². The molecule has 0 amide bonds. The van der Waals surface area contributed by atoms with Gasteiger partial charge in [-0.3, -0.25) is 0 Å². The molecule has 1 heterocycles. The van der Waals surface area contributed by atoms with Crippen LogP contribution in [-0.4, -0.2) is 16.2 Å². The largest absolute Gasteiger partial charge is 0.358 e. The van der Waals surface area contributed by atoms with Crippen molar-refractivity contribution in [3.8, 4) is 0 Å². The summed E-state index contributed by atoms with van der Waals surface area (Å²) in [6, 6.07) is 0.430. The van der Waals surface area contributed by atoms with Crippen LogP contribution in [-0.2, 0) is 6.42 Å². The molecule has 4 heteroatoms. The molecule has 1 aromatic rings. The molecule has 0 aliphatic rings. The number of hydrogen-bond acceptors (Lipinski definition) is 4. The second kappa shape index (κ2) is 4.56. The summed E-state index contributed by atoms with van der Waals surface area (Å²) in [5, 5.41) is 13.5. The highest BCUT2D eigenvalue weighted by Crippen LogP contribution is 2.18. The molecule has 0 saturated heterocycles. The molecule has 13 heavy (non-hydrogen) atoms. The van der Waals surface area contributed by atoms with Crippen LogP contribution >= 0.6 is 11.3 Å². The van der Waals surface area contributed by atoms with E-state index >= 15 is 0 Å². The van der Waals surface area contributed by atoms with Crippen molar-refractivity contribution in [2.45, 2.75) is 40.2 Å². The van der Waals surface area contributed by atoms with E-state index in [1.165, 1.54) is 0 Å². The third-order valence-electron chi connectivity index (χ3n) is 1.46. The van der Waals surface area contributed by atoms with Crippen LogP contribution in [0, 0.1) is 5.92 Å². The quantitative estimate of drug-likeness (QED) is 0.810. The fourth-order valence-corrected chi connectivity index (χ4v) is 2.09. The molecule has 0 bridgehead atoms. The Balaban J connectivity index is 2.53. The van der Waals surface area contributed by atoms with Crippen molar-refractivity contribution in [1.82, 2.24) is 10.2 Å². The standard InChI is InChI=1S/C9H17N3S/c1-6(2)5-8-11-12-9(13-8)10-7(3)4/h6-7H,5H2,1-4H3,(H,10,12). The summed E-state index contributed by atoms with van der Waals surface area (Å²) in [6.45, 7) is 8.58. The van der Waals surface area contributed by atoms with Crippen molar-refractivity contribution in [3.05, 3.63) is 5.01 Å². The zero-order valence-corrected chi connectivity index (χ0v) is 9.48. The van der Waals surface area contributed by atoms with Gasteiger partial charge in [0.15, 0.2) is 0 Å². The van der Waals surface area contributed by atoms with E-state index in [2.05, 4.69) is 43.2 Å². The van der Waals surface area contributed by atoms with Crippen LogP contribution < -0.4 is 5.32 Å². The van der Waals surface area contributed by atoms with Gasteiger partial charge in [0.1, 0.15) is 5.01 Å². The van der Waals surface area contributed by atoms with Gasteiger partial charge in [-0.2, -0.15) is 0 Å². The summed E-state index contributed by atoms with van der Waals surface area (Å²) in [5.41, 5.74) is 0. The van der Waals surface area contributed by atoms with Crippen LogP contribution in [0.25, 0.3) is 0 Å². The van der Waals surface area contributed by atoms with Gasteiger partial charge < -0.3 is 5.32 Å². The number of anilines is 1. The highest BCUT2D eigenvalue weighted by molar-refractivity contribution is 7.15. The molecule has 3 nitrogen and oxygen atoms in total. The first-order chi connectivity index (χ1) is 6.08. The lowest BCUT2D eigenvalue weighted by Crippen LogP contribution is -2.08. The minimum Gasteiger partial charge on any atom is -0.358 e. The second-order valence-electron chi connectivity index (χ2n) is 3.90. The SMILES string of the molecule is CC(C)Cc1nnc(NC(C)C)s1. The highest BCUT2D eigenvalue weighted by Gasteiger charge is 2.06. The number of nitrogens with zero attached hydrogens (tertiary/aromatic N) is 2. The summed E-state index contributed by atoms with van der Waals surface area (Å²) < 4.78 is 0. The predicted molar refractivity (Wildman–Crippen MR) is 57.2 cm³/mol. The van der Waals surface area contributed by atoms with Crippen molar-refractivity contribution < 1.29 is 0 Å². The smallest absolute Gasteiger partial charge is 0.205 e. The first-order valence-electron chi connectivity index (χ1n) is 4.67. The lowest BCUT2D eigenvalue weighted by atomic mass is 10.1. The van der Waals surface area contributed by atoms with Gasteiger partial charge in [-0.15, -0.1) is 10.2 Å². The van der Waals surface area contributed by atoms with Crippen molar-refractivity contribution in [1.29, 1.82) is 0 Å². The molecule has 0 unspecified atom stereocenters. The van der Waals surface area contributed by atoms with Gasteiger partial charge in [-0.25, -0.2) is 0 Å². The topological polar surface area (TPSA) is 37.8 Å². The maximum Gasteiger partial charge on any atom is 0.205 e. The van der Waals surface area contributed by atoms with E-state index in [9.17, 15) is 0 Å². The van der Waals surface area contributed by atoms with E-state index in [-0.39, 0.29) is 0 Å². The molecular formula is C9H17N3S. The van der Waals surface area contributed by atoms with Gasteiger partial charge in [0.2, 0.25) is 5.13 Å². The molecule has 74 valence electrons.